The van der Waals surface area contributed by atoms with Gasteiger partial charge in [-0.05, 0) is 17.5 Å². The number of carbonyl (C=O) groups is 1. The summed E-state index contributed by atoms with van der Waals surface area (Å²) >= 11 is 3.51. The Balaban J connectivity index is 1.98. The highest BCUT2D eigenvalue weighted by Crippen LogP contribution is 2.35. The largest absolute Gasteiger partial charge is 0.311 e. The van der Waals surface area contributed by atoms with Crippen molar-refractivity contribution in [3.63, 3.8) is 0 Å². The quantitative estimate of drug-likeness (QED) is 0.738. The molecule has 1 heterocycles. The number of hydrogen-bond donors (Lipinski definition) is 0. The first-order chi connectivity index (χ1) is 10.3. The molecule has 4 nitrogen and oxygen atoms in total. The molecular weight excluding hydrogens is 390 g/mol. The van der Waals surface area contributed by atoms with Crippen molar-refractivity contribution in [3.8, 4) is 0 Å². The number of benzene rings is 2. The van der Waals surface area contributed by atoms with Crippen molar-refractivity contribution in [2.45, 2.75) is 6.42 Å². The zero-order chi connectivity index (χ0) is 15.9. The molecule has 1 unspecified atom stereocenters. The summed E-state index contributed by atoms with van der Waals surface area (Å²) in [6.07, 6.45) is 0.205. The lowest BCUT2D eigenvalue weighted by Crippen LogP contribution is -2.25. The van der Waals surface area contributed by atoms with Crippen molar-refractivity contribution in [2.75, 3.05) is 17.2 Å². The van der Waals surface area contributed by atoms with Crippen LogP contribution in [0.4, 0.5) is 5.69 Å². The topological polar surface area (TPSA) is 54.5 Å². The summed E-state index contributed by atoms with van der Waals surface area (Å²) in [6.45, 7) is 0.371. The van der Waals surface area contributed by atoms with Crippen molar-refractivity contribution >= 4 is 58.0 Å². The van der Waals surface area contributed by atoms with E-state index in [0.717, 1.165) is 20.9 Å². The van der Waals surface area contributed by atoms with Crippen molar-refractivity contribution in [3.05, 3.63) is 40.9 Å². The van der Waals surface area contributed by atoms with E-state index in [9.17, 15) is 13.2 Å². The third kappa shape index (κ3) is 3.14. The van der Waals surface area contributed by atoms with Gasteiger partial charge in [0.2, 0.25) is 15.0 Å². The SMILES string of the molecule is O=C1CC(CS(=O)(=O)Cl)CN1c1ccc(Br)c2ccccc12. The van der Waals surface area contributed by atoms with Crippen LogP contribution in [0.1, 0.15) is 6.42 Å². The van der Waals surface area contributed by atoms with Gasteiger partial charge in [0.25, 0.3) is 0 Å². The lowest BCUT2D eigenvalue weighted by atomic mass is 10.1. The van der Waals surface area contributed by atoms with Gasteiger partial charge < -0.3 is 4.90 Å². The number of rotatable bonds is 3. The fourth-order valence-electron chi connectivity index (χ4n) is 2.89. The Morgan fingerprint density at radius 2 is 1.86 bits per heavy atom. The first kappa shape index (κ1) is 15.8. The first-order valence-electron chi connectivity index (χ1n) is 6.75. The van der Waals surface area contributed by atoms with E-state index in [1.807, 2.05) is 36.4 Å². The van der Waals surface area contributed by atoms with Gasteiger partial charge in [0, 0.05) is 39.4 Å². The van der Waals surface area contributed by atoms with Gasteiger partial charge in [-0.15, -0.1) is 0 Å². The minimum atomic E-state index is -3.60. The summed E-state index contributed by atoms with van der Waals surface area (Å²) in [6, 6.07) is 11.6. The van der Waals surface area contributed by atoms with Gasteiger partial charge in [0.05, 0.1) is 11.4 Å². The zero-order valence-corrected chi connectivity index (χ0v) is 14.7. The predicted octanol–water partition coefficient (Wildman–Crippen LogP) is 3.52. The Hall–Kier alpha value is -1.11. The second-order valence-corrected chi connectivity index (χ2v) is 9.07. The average Bonchev–Trinajstić information content (AvgIpc) is 2.78. The number of amides is 1. The van der Waals surface area contributed by atoms with Gasteiger partial charge in [-0.25, -0.2) is 8.42 Å². The Morgan fingerprint density at radius 1 is 1.18 bits per heavy atom. The molecule has 1 atom stereocenters. The lowest BCUT2D eigenvalue weighted by molar-refractivity contribution is -0.117. The number of hydrogen-bond acceptors (Lipinski definition) is 3. The molecule has 1 amide bonds. The van der Waals surface area contributed by atoms with Crippen LogP contribution in [-0.4, -0.2) is 26.6 Å². The number of nitrogens with zero attached hydrogens (tertiary/aromatic N) is 1. The van der Waals surface area contributed by atoms with E-state index < -0.39 is 9.05 Å². The maximum Gasteiger partial charge on any atom is 0.232 e. The highest BCUT2D eigenvalue weighted by molar-refractivity contribution is 9.10. The fourth-order valence-corrected chi connectivity index (χ4v) is 4.69. The van der Waals surface area contributed by atoms with Gasteiger partial charge in [-0.2, -0.15) is 0 Å². The molecule has 1 aliphatic heterocycles. The molecule has 2 aromatic rings. The van der Waals surface area contributed by atoms with Crippen LogP contribution in [0.3, 0.4) is 0 Å². The molecule has 1 aliphatic rings. The van der Waals surface area contributed by atoms with Crippen LogP contribution >= 0.6 is 26.6 Å². The highest BCUT2D eigenvalue weighted by Gasteiger charge is 2.33. The summed E-state index contributed by atoms with van der Waals surface area (Å²) in [4.78, 5) is 13.9. The Bertz CT molecular complexity index is 853. The van der Waals surface area contributed by atoms with Crippen molar-refractivity contribution < 1.29 is 13.2 Å². The third-order valence-corrected chi connectivity index (χ3v) is 5.72. The molecule has 1 fully saturated rings. The predicted molar refractivity (Wildman–Crippen MR) is 91.7 cm³/mol. The molecule has 7 heteroatoms. The smallest absolute Gasteiger partial charge is 0.232 e. The van der Waals surface area contributed by atoms with E-state index in [4.69, 9.17) is 10.7 Å². The maximum atomic E-state index is 12.3. The minimum absolute atomic E-state index is 0.0715. The van der Waals surface area contributed by atoms with Crippen LogP contribution in [0.5, 0.6) is 0 Å². The Kier molecular flexibility index (Phi) is 4.18. The summed E-state index contributed by atoms with van der Waals surface area (Å²) < 4.78 is 23.4. The average molecular weight is 403 g/mol. The van der Waals surface area contributed by atoms with Gasteiger partial charge in [0.1, 0.15) is 0 Å². The van der Waals surface area contributed by atoms with Crippen LogP contribution < -0.4 is 4.90 Å². The molecule has 0 radical (unpaired) electrons. The molecule has 22 heavy (non-hydrogen) atoms. The second-order valence-electron chi connectivity index (χ2n) is 5.39. The number of fused-ring (bicyclic) bond motifs is 1. The zero-order valence-electron chi connectivity index (χ0n) is 11.5. The van der Waals surface area contributed by atoms with Crippen molar-refractivity contribution in [1.29, 1.82) is 0 Å². The lowest BCUT2D eigenvalue weighted by Gasteiger charge is -2.19. The van der Waals surface area contributed by atoms with Crippen LogP contribution in [0.2, 0.25) is 0 Å². The van der Waals surface area contributed by atoms with Crippen LogP contribution in [0.15, 0.2) is 40.9 Å². The van der Waals surface area contributed by atoms with E-state index in [2.05, 4.69) is 15.9 Å². The molecule has 0 saturated carbocycles. The van der Waals surface area contributed by atoms with E-state index >= 15 is 0 Å². The van der Waals surface area contributed by atoms with E-state index in [1.165, 1.54) is 0 Å². The summed E-state index contributed by atoms with van der Waals surface area (Å²) in [5.41, 5.74) is 0.804. The molecule has 0 bridgehead atoms. The van der Waals surface area contributed by atoms with Gasteiger partial charge in [-0.1, -0.05) is 40.2 Å². The third-order valence-electron chi connectivity index (χ3n) is 3.78. The molecule has 0 N–H and O–H groups in total. The molecule has 0 aliphatic carbocycles. The number of halogens is 2. The molecule has 0 spiro atoms. The molecule has 0 aromatic heterocycles. The molecule has 116 valence electrons. The Labute approximate surface area is 141 Å². The number of carbonyl (C=O) groups excluding carboxylic acids is 1. The molecular formula is C15H13BrClNO3S. The van der Waals surface area contributed by atoms with Crippen molar-refractivity contribution in [2.24, 2.45) is 5.92 Å². The van der Waals surface area contributed by atoms with Crippen LogP contribution in [0, 0.1) is 5.92 Å². The molecule has 3 rings (SSSR count). The maximum absolute atomic E-state index is 12.3. The minimum Gasteiger partial charge on any atom is -0.311 e. The Morgan fingerprint density at radius 3 is 2.55 bits per heavy atom. The van der Waals surface area contributed by atoms with Gasteiger partial charge in [0.15, 0.2) is 0 Å². The normalized spacial score (nSPS) is 19.1. The number of anilines is 1. The molecule has 1 saturated heterocycles. The highest BCUT2D eigenvalue weighted by atomic mass is 79.9. The van der Waals surface area contributed by atoms with Gasteiger partial charge in [-0.3, -0.25) is 4.79 Å². The van der Waals surface area contributed by atoms with Crippen molar-refractivity contribution in [1.82, 2.24) is 0 Å². The molecule has 2 aromatic carbocycles. The second kappa shape index (κ2) is 5.83. The first-order valence-corrected chi connectivity index (χ1v) is 10.0. The van der Waals surface area contributed by atoms with E-state index in [-0.39, 0.29) is 24.0 Å². The van der Waals surface area contributed by atoms with Crippen LogP contribution in [0.25, 0.3) is 10.8 Å². The summed E-state index contributed by atoms with van der Waals surface area (Å²) in [5.74, 6) is -0.513. The van der Waals surface area contributed by atoms with E-state index in [0.29, 0.717) is 6.54 Å². The standard InChI is InChI=1S/C15H13BrClNO3S/c16-13-5-6-14(12-4-2-1-3-11(12)13)18-8-10(7-15(18)19)9-22(17,20)21/h1-6,10H,7-9H2. The van der Waals surface area contributed by atoms with E-state index in [1.54, 1.807) is 4.90 Å². The fraction of sp³-hybridized carbons (Fsp3) is 0.267. The van der Waals surface area contributed by atoms with Crippen LogP contribution in [-0.2, 0) is 13.8 Å². The monoisotopic (exact) mass is 401 g/mol. The van der Waals surface area contributed by atoms with Gasteiger partial charge >= 0.3 is 0 Å². The summed E-state index contributed by atoms with van der Waals surface area (Å²) in [7, 11) is 1.71. The summed E-state index contributed by atoms with van der Waals surface area (Å²) in [5, 5.41) is 1.97.